The zero-order valence-electron chi connectivity index (χ0n) is 10.2. The number of ether oxygens (including phenoxy) is 2. The van der Waals surface area contributed by atoms with Crippen LogP contribution >= 0.6 is 0 Å². The number of aliphatic hydroxyl groups excluding tert-OH is 1. The zero-order chi connectivity index (χ0) is 11.8. The van der Waals surface area contributed by atoms with Crippen molar-refractivity contribution in [1.29, 1.82) is 0 Å². The van der Waals surface area contributed by atoms with E-state index in [1.807, 2.05) is 27.7 Å². The number of aliphatic hydroxyl groups is 1. The Morgan fingerprint density at radius 1 is 1.29 bits per heavy atom. The molecule has 4 nitrogen and oxygen atoms in total. The summed E-state index contributed by atoms with van der Waals surface area (Å²) in [7, 11) is 0. The van der Waals surface area contributed by atoms with Crippen molar-refractivity contribution < 1.29 is 14.6 Å². The molecule has 0 aliphatic heterocycles. The van der Waals surface area contributed by atoms with Gasteiger partial charge >= 0.3 is 0 Å². The summed E-state index contributed by atoms with van der Waals surface area (Å²) in [4.78, 5) is 0. The third-order valence-electron chi connectivity index (χ3n) is 0.790. The van der Waals surface area contributed by atoms with Crippen LogP contribution in [0, 0.1) is 0 Å². The molecule has 0 saturated heterocycles. The van der Waals surface area contributed by atoms with E-state index in [-0.39, 0.29) is 11.8 Å². The summed E-state index contributed by atoms with van der Waals surface area (Å²) in [5.41, 5.74) is 5.35. The molecule has 0 radical (unpaired) electrons. The predicted molar refractivity (Wildman–Crippen MR) is 57.8 cm³/mol. The summed E-state index contributed by atoms with van der Waals surface area (Å²) in [6, 6.07) is 0. The van der Waals surface area contributed by atoms with Crippen molar-refractivity contribution in [2.24, 2.45) is 5.73 Å². The predicted octanol–water partition coefficient (Wildman–Crippen LogP) is 1.47. The average molecular weight is 207 g/mol. The van der Waals surface area contributed by atoms with Gasteiger partial charge in [0, 0.05) is 12.1 Å². The second kappa shape index (κ2) is 8.17. The first kappa shape index (κ1) is 16.3. The van der Waals surface area contributed by atoms with Crippen LogP contribution in [0.5, 0.6) is 0 Å². The van der Waals surface area contributed by atoms with Crippen LogP contribution in [0.25, 0.3) is 0 Å². The molecular formula is C10H25NO3. The molecule has 0 rings (SSSR count). The minimum absolute atomic E-state index is 0. The van der Waals surface area contributed by atoms with Crippen LogP contribution in [0.3, 0.4) is 0 Å². The van der Waals surface area contributed by atoms with E-state index in [0.29, 0.717) is 6.61 Å². The Morgan fingerprint density at radius 3 is 1.86 bits per heavy atom. The lowest BCUT2D eigenvalue weighted by atomic mass is 10.1. The van der Waals surface area contributed by atoms with Crippen LogP contribution in [0.15, 0.2) is 0 Å². The highest BCUT2D eigenvalue weighted by atomic mass is 16.7. The Bertz CT molecular complexity index is 115. The highest BCUT2D eigenvalue weighted by Crippen LogP contribution is 1.95. The molecule has 0 heterocycles. The summed E-state index contributed by atoms with van der Waals surface area (Å²) < 4.78 is 9.79. The van der Waals surface area contributed by atoms with Gasteiger partial charge in [0.05, 0.1) is 0 Å². The van der Waals surface area contributed by atoms with E-state index in [9.17, 15) is 0 Å². The first-order valence-electron chi connectivity index (χ1n) is 4.90. The second-order valence-electron chi connectivity index (χ2n) is 4.12. The van der Waals surface area contributed by atoms with Crippen molar-refractivity contribution in [3.63, 3.8) is 0 Å². The van der Waals surface area contributed by atoms with E-state index >= 15 is 0 Å². The van der Waals surface area contributed by atoms with Crippen LogP contribution in [-0.4, -0.2) is 29.8 Å². The van der Waals surface area contributed by atoms with Crippen molar-refractivity contribution in [3.8, 4) is 0 Å². The van der Waals surface area contributed by atoms with Crippen LogP contribution in [0.4, 0.5) is 0 Å². The molecule has 0 aromatic rings. The normalized spacial score (nSPS) is 15.4. The maximum Gasteiger partial charge on any atom is 0.157 e. The Labute approximate surface area is 87.4 Å². The molecule has 88 valence electrons. The molecule has 2 unspecified atom stereocenters. The average Bonchev–Trinajstić information content (AvgIpc) is 1.80. The van der Waals surface area contributed by atoms with Crippen molar-refractivity contribution in [2.45, 2.75) is 59.7 Å². The van der Waals surface area contributed by atoms with Gasteiger partial charge in [0.2, 0.25) is 0 Å². The maximum absolute atomic E-state index is 8.65. The van der Waals surface area contributed by atoms with Gasteiger partial charge in [-0.1, -0.05) is 0 Å². The van der Waals surface area contributed by atoms with E-state index < -0.39 is 6.29 Å². The fourth-order valence-electron chi connectivity index (χ4n) is 0.551. The molecule has 0 spiro atoms. The van der Waals surface area contributed by atoms with Gasteiger partial charge in [-0.15, -0.1) is 0 Å². The number of nitrogens with two attached hydrogens (primary N) is 1. The molecular weight excluding hydrogens is 182 g/mol. The quantitative estimate of drug-likeness (QED) is 0.685. The van der Waals surface area contributed by atoms with Crippen LogP contribution in [0.1, 0.15) is 41.5 Å². The minimum atomic E-state index is -0.744. The van der Waals surface area contributed by atoms with E-state index in [0.717, 1.165) is 0 Å². The topological polar surface area (TPSA) is 64.7 Å². The van der Waals surface area contributed by atoms with Gasteiger partial charge in [-0.3, -0.25) is 0 Å². The monoisotopic (exact) mass is 207 g/mol. The fourth-order valence-corrected chi connectivity index (χ4v) is 0.551. The molecule has 0 aromatic carbocycles. The van der Waals surface area contributed by atoms with Crippen molar-refractivity contribution in [2.75, 3.05) is 6.61 Å². The first-order valence-corrected chi connectivity index (χ1v) is 4.90. The van der Waals surface area contributed by atoms with Gasteiger partial charge in [-0.05, 0) is 41.5 Å². The molecule has 0 saturated carbocycles. The van der Waals surface area contributed by atoms with Crippen LogP contribution in [0.2, 0.25) is 0 Å². The summed E-state index contributed by atoms with van der Waals surface area (Å²) in [6.45, 7) is 11.7. The molecule has 0 aliphatic carbocycles. The van der Waals surface area contributed by atoms with Gasteiger partial charge in [0.15, 0.2) is 12.6 Å². The molecule has 2 atom stereocenters. The summed E-state index contributed by atoms with van der Waals surface area (Å²) >= 11 is 0. The lowest BCUT2D eigenvalue weighted by molar-refractivity contribution is -0.211. The van der Waals surface area contributed by atoms with E-state index in [1.54, 1.807) is 13.8 Å². The lowest BCUT2D eigenvalue weighted by Crippen LogP contribution is -2.26. The Hall–Kier alpha value is -0.160. The zero-order valence-corrected chi connectivity index (χ0v) is 10.2. The summed E-state index contributed by atoms with van der Waals surface area (Å²) in [5, 5.41) is 8.65. The van der Waals surface area contributed by atoms with E-state index in [2.05, 4.69) is 0 Å². The maximum atomic E-state index is 8.65. The third kappa shape index (κ3) is 29.7. The Balaban J connectivity index is 0. The van der Waals surface area contributed by atoms with Gasteiger partial charge in [-0.25, -0.2) is 0 Å². The van der Waals surface area contributed by atoms with Crippen LogP contribution < -0.4 is 5.73 Å². The van der Waals surface area contributed by atoms with Gasteiger partial charge < -0.3 is 20.3 Å². The molecule has 3 N–H and O–H groups in total. The van der Waals surface area contributed by atoms with Gasteiger partial charge in [0.1, 0.15) is 0 Å². The van der Waals surface area contributed by atoms with E-state index in [4.69, 9.17) is 20.3 Å². The van der Waals surface area contributed by atoms with Gasteiger partial charge in [-0.2, -0.15) is 0 Å². The molecule has 0 bridgehead atoms. The summed E-state index contributed by atoms with van der Waals surface area (Å²) in [6.07, 6.45) is -1.05. The molecule has 0 amide bonds. The number of hydrogen-bond donors (Lipinski definition) is 2. The Morgan fingerprint density at radius 2 is 1.64 bits per heavy atom. The van der Waals surface area contributed by atoms with Gasteiger partial charge in [0.25, 0.3) is 0 Å². The fraction of sp³-hybridized carbons (Fsp3) is 1.00. The molecule has 0 aromatic heterocycles. The molecule has 0 aliphatic rings. The second-order valence-corrected chi connectivity index (χ2v) is 4.12. The minimum Gasteiger partial charge on any atom is -0.368 e. The lowest BCUT2D eigenvalue weighted by Gasteiger charge is -2.13. The third-order valence-corrected chi connectivity index (χ3v) is 0.790. The number of rotatable bonds is 4. The SMILES string of the molecule is CC(C)(C)N.CCOC(C)OC(C)O. The van der Waals surface area contributed by atoms with E-state index in [1.165, 1.54) is 0 Å². The smallest absolute Gasteiger partial charge is 0.157 e. The van der Waals surface area contributed by atoms with Crippen LogP contribution in [-0.2, 0) is 9.47 Å². The highest BCUT2D eigenvalue weighted by molar-refractivity contribution is 4.60. The van der Waals surface area contributed by atoms with Crippen molar-refractivity contribution >= 4 is 0 Å². The molecule has 14 heavy (non-hydrogen) atoms. The van der Waals surface area contributed by atoms with Crippen molar-refractivity contribution in [1.82, 2.24) is 0 Å². The first-order chi connectivity index (χ1) is 6.16. The Kier molecular flexibility index (Phi) is 9.50. The number of hydrogen-bond acceptors (Lipinski definition) is 4. The molecule has 0 fully saturated rings. The molecule has 4 heteroatoms. The van der Waals surface area contributed by atoms with Crippen molar-refractivity contribution in [3.05, 3.63) is 0 Å². The standard InChI is InChI=1S/C6H14O3.C4H11N/c1-4-8-6(3)9-5(2)7;1-4(2,3)5/h5-7H,4H2,1-3H3;5H2,1-3H3. The summed E-state index contributed by atoms with van der Waals surface area (Å²) in [5.74, 6) is 0. The largest absolute Gasteiger partial charge is 0.368 e. The highest BCUT2D eigenvalue weighted by Gasteiger charge is 2.02.